The van der Waals surface area contributed by atoms with Crippen LogP contribution >= 0.6 is 0 Å². The Labute approximate surface area is 212 Å². The topological polar surface area (TPSA) is 58.6 Å². The number of piperidine rings is 1. The van der Waals surface area contributed by atoms with Crippen molar-refractivity contribution in [2.45, 2.75) is 26.0 Å². The van der Waals surface area contributed by atoms with Gasteiger partial charge < -0.3 is 14.5 Å². The molecule has 0 N–H and O–H groups in total. The lowest BCUT2D eigenvalue weighted by Gasteiger charge is -2.34. The van der Waals surface area contributed by atoms with Gasteiger partial charge in [-0.2, -0.15) is 0 Å². The van der Waals surface area contributed by atoms with E-state index in [0.29, 0.717) is 13.2 Å². The van der Waals surface area contributed by atoms with E-state index in [-0.39, 0.29) is 11.8 Å². The first-order valence-corrected chi connectivity index (χ1v) is 12.4. The fourth-order valence-corrected chi connectivity index (χ4v) is 4.52. The minimum absolute atomic E-state index is 0.0290. The van der Waals surface area contributed by atoms with Gasteiger partial charge in [-0.3, -0.25) is 4.79 Å². The van der Waals surface area contributed by atoms with Gasteiger partial charge in [-0.1, -0.05) is 60.7 Å². The number of aromatic nitrogens is 2. The van der Waals surface area contributed by atoms with Crippen molar-refractivity contribution in [3.63, 3.8) is 0 Å². The molecule has 0 spiro atoms. The maximum Gasteiger partial charge on any atom is 0.230 e. The maximum absolute atomic E-state index is 13.7. The number of hydrogen-bond acceptors (Lipinski definition) is 5. The number of benzene rings is 3. The number of nitrogens with zero attached hydrogens (tertiary/aromatic N) is 4. The van der Waals surface area contributed by atoms with E-state index in [0.717, 1.165) is 54.4 Å². The summed E-state index contributed by atoms with van der Waals surface area (Å²) in [4.78, 5) is 26.5. The summed E-state index contributed by atoms with van der Waals surface area (Å²) in [6, 6.07) is 29.9. The van der Waals surface area contributed by atoms with Crippen molar-refractivity contribution in [1.29, 1.82) is 0 Å². The number of ether oxygens (including phenoxy) is 1. The van der Waals surface area contributed by atoms with Crippen molar-refractivity contribution in [3.8, 4) is 5.75 Å². The first-order valence-electron chi connectivity index (χ1n) is 12.4. The highest BCUT2D eigenvalue weighted by molar-refractivity contribution is 5.95. The normalized spacial score (nSPS) is 13.8. The fourth-order valence-electron chi connectivity index (χ4n) is 4.52. The van der Waals surface area contributed by atoms with Crippen LogP contribution in [0, 0.1) is 5.92 Å². The van der Waals surface area contributed by atoms with Gasteiger partial charge >= 0.3 is 0 Å². The van der Waals surface area contributed by atoms with Gasteiger partial charge in [-0.25, -0.2) is 9.97 Å². The second-order valence-corrected chi connectivity index (χ2v) is 8.99. The smallest absolute Gasteiger partial charge is 0.230 e. The predicted molar refractivity (Wildman–Crippen MR) is 142 cm³/mol. The molecule has 0 saturated carbocycles. The summed E-state index contributed by atoms with van der Waals surface area (Å²) in [5, 5.41) is 0. The number of carbonyl (C=O) groups is 1. The fraction of sp³-hybridized carbons (Fsp3) is 0.233. The molecule has 1 aliphatic rings. The average molecular weight is 479 g/mol. The largest absolute Gasteiger partial charge is 0.489 e. The lowest BCUT2D eigenvalue weighted by Crippen LogP contribution is -2.43. The monoisotopic (exact) mass is 478 g/mol. The Morgan fingerprint density at radius 1 is 0.806 bits per heavy atom. The van der Waals surface area contributed by atoms with Gasteiger partial charge in [0.25, 0.3) is 0 Å². The highest BCUT2D eigenvalue weighted by atomic mass is 16.5. The summed E-state index contributed by atoms with van der Waals surface area (Å²) in [6.45, 7) is 2.60. The number of para-hydroxylation sites is 1. The van der Waals surface area contributed by atoms with Crippen LogP contribution in [-0.4, -0.2) is 29.0 Å². The summed E-state index contributed by atoms with van der Waals surface area (Å²) in [6.07, 6.45) is 5.09. The van der Waals surface area contributed by atoms with Crippen LogP contribution in [0.4, 0.5) is 11.6 Å². The van der Waals surface area contributed by atoms with E-state index >= 15 is 0 Å². The predicted octanol–water partition coefficient (Wildman–Crippen LogP) is 5.51. The van der Waals surface area contributed by atoms with Crippen LogP contribution in [0.3, 0.4) is 0 Å². The molecule has 0 radical (unpaired) electrons. The lowest BCUT2D eigenvalue weighted by molar-refractivity contribution is -0.123. The van der Waals surface area contributed by atoms with Gasteiger partial charge in [-0.05, 0) is 54.3 Å². The first-order chi connectivity index (χ1) is 17.8. The van der Waals surface area contributed by atoms with Crippen LogP contribution < -0.4 is 14.5 Å². The molecule has 6 heteroatoms. The van der Waals surface area contributed by atoms with Crippen molar-refractivity contribution in [1.82, 2.24) is 9.97 Å². The van der Waals surface area contributed by atoms with Gasteiger partial charge in [0.1, 0.15) is 12.4 Å². The Bertz CT molecular complexity index is 1230. The summed E-state index contributed by atoms with van der Waals surface area (Å²) in [5.74, 6) is 1.69. The number of hydrogen-bond donors (Lipinski definition) is 0. The summed E-state index contributed by atoms with van der Waals surface area (Å²) in [7, 11) is 0. The zero-order valence-corrected chi connectivity index (χ0v) is 20.2. The molecule has 2 heterocycles. The molecule has 6 nitrogen and oxygen atoms in total. The summed E-state index contributed by atoms with van der Waals surface area (Å²) >= 11 is 0. The molecule has 0 bridgehead atoms. The Morgan fingerprint density at radius 3 is 2.11 bits per heavy atom. The Morgan fingerprint density at radius 2 is 1.44 bits per heavy atom. The van der Waals surface area contributed by atoms with Gasteiger partial charge in [-0.15, -0.1) is 0 Å². The summed E-state index contributed by atoms with van der Waals surface area (Å²) < 4.78 is 5.93. The molecule has 3 aromatic carbocycles. The second kappa shape index (κ2) is 11.5. The third-order valence-electron chi connectivity index (χ3n) is 6.53. The van der Waals surface area contributed by atoms with E-state index in [9.17, 15) is 4.79 Å². The third-order valence-corrected chi connectivity index (χ3v) is 6.53. The Balaban J connectivity index is 1.25. The van der Waals surface area contributed by atoms with Crippen LogP contribution in [0.15, 0.2) is 103 Å². The van der Waals surface area contributed by atoms with E-state index < -0.39 is 0 Å². The molecular formula is C30H30N4O2. The minimum Gasteiger partial charge on any atom is -0.489 e. The highest BCUT2D eigenvalue weighted by Crippen LogP contribution is 2.27. The van der Waals surface area contributed by atoms with Crippen molar-refractivity contribution in [3.05, 3.63) is 115 Å². The molecule has 1 aliphatic heterocycles. The minimum atomic E-state index is -0.0290. The molecule has 0 unspecified atom stereocenters. The molecule has 5 rings (SSSR count). The van der Waals surface area contributed by atoms with Crippen molar-refractivity contribution >= 4 is 17.5 Å². The molecule has 1 amide bonds. The molecule has 0 atom stereocenters. The van der Waals surface area contributed by atoms with Gasteiger partial charge in [0.15, 0.2) is 0 Å². The van der Waals surface area contributed by atoms with Gasteiger partial charge in [0, 0.05) is 37.1 Å². The van der Waals surface area contributed by atoms with Gasteiger partial charge in [0.2, 0.25) is 11.9 Å². The Hall–Kier alpha value is -4.19. The number of rotatable bonds is 8. The van der Waals surface area contributed by atoms with E-state index in [4.69, 9.17) is 4.74 Å². The van der Waals surface area contributed by atoms with Crippen molar-refractivity contribution in [2.75, 3.05) is 22.9 Å². The number of carbonyl (C=O) groups excluding carboxylic acids is 1. The maximum atomic E-state index is 13.7. The second-order valence-electron chi connectivity index (χ2n) is 8.99. The molecule has 0 aliphatic carbocycles. The van der Waals surface area contributed by atoms with E-state index in [1.54, 1.807) is 12.4 Å². The van der Waals surface area contributed by atoms with Gasteiger partial charge in [0.05, 0.1) is 6.54 Å². The third kappa shape index (κ3) is 5.89. The van der Waals surface area contributed by atoms with E-state index in [1.807, 2.05) is 83.8 Å². The van der Waals surface area contributed by atoms with Crippen LogP contribution in [0.1, 0.15) is 24.0 Å². The standard InChI is InChI=1S/C30H30N4O2/c35-29(26-16-20-33(21-17-26)30-31-18-7-19-32-30)34(27-10-5-2-6-11-27)22-24-12-14-28(15-13-24)36-23-25-8-3-1-4-9-25/h1-15,18-19,26H,16-17,20-23H2. The van der Waals surface area contributed by atoms with E-state index in [1.165, 1.54) is 0 Å². The SMILES string of the molecule is O=C(C1CCN(c2ncccn2)CC1)N(Cc1ccc(OCc2ccccc2)cc1)c1ccccc1. The van der Waals surface area contributed by atoms with Crippen molar-refractivity contribution < 1.29 is 9.53 Å². The van der Waals surface area contributed by atoms with Crippen LogP contribution in [0.25, 0.3) is 0 Å². The highest BCUT2D eigenvalue weighted by Gasteiger charge is 2.30. The lowest BCUT2D eigenvalue weighted by atomic mass is 9.95. The Kier molecular flexibility index (Phi) is 7.52. The molecule has 1 fully saturated rings. The summed E-state index contributed by atoms with van der Waals surface area (Å²) in [5.41, 5.74) is 3.11. The molecule has 36 heavy (non-hydrogen) atoms. The number of anilines is 2. The molecule has 4 aromatic rings. The quantitative estimate of drug-likeness (QED) is 0.334. The van der Waals surface area contributed by atoms with Crippen molar-refractivity contribution in [2.24, 2.45) is 5.92 Å². The van der Waals surface area contributed by atoms with Crippen LogP contribution in [0.5, 0.6) is 5.75 Å². The van der Waals surface area contributed by atoms with Crippen LogP contribution in [0.2, 0.25) is 0 Å². The molecule has 182 valence electrons. The van der Waals surface area contributed by atoms with E-state index in [2.05, 4.69) is 27.0 Å². The average Bonchev–Trinajstić information content (AvgIpc) is 2.97. The molecule has 1 saturated heterocycles. The number of amides is 1. The molecular weight excluding hydrogens is 448 g/mol. The zero-order chi connectivity index (χ0) is 24.6. The zero-order valence-electron chi connectivity index (χ0n) is 20.2. The van der Waals surface area contributed by atoms with Crippen LogP contribution in [-0.2, 0) is 17.9 Å². The molecule has 1 aromatic heterocycles. The first kappa shape index (κ1) is 23.5.